The molecule has 150 valence electrons. The van der Waals surface area contributed by atoms with E-state index in [-0.39, 0.29) is 28.5 Å². The molecule has 0 radical (unpaired) electrons. The summed E-state index contributed by atoms with van der Waals surface area (Å²) in [6.07, 6.45) is 1.48. The highest BCUT2D eigenvalue weighted by Crippen LogP contribution is 2.40. The van der Waals surface area contributed by atoms with Gasteiger partial charge in [-0.05, 0) is 42.8 Å². The fraction of sp³-hybridized carbons (Fsp3) is 0.182. The number of ketones is 1. The largest absolute Gasteiger partial charge is 0.507 e. The molecule has 0 bridgehead atoms. The van der Waals surface area contributed by atoms with Crippen LogP contribution in [-0.4, -0.2) is 34.8 Å². The fourth-order valence-electron chi connectivity index (χ4n) is 3.28. The summed E-state index contributed by atoms with van der Waals surface area (Å²) >= 11 is 6.20. The molecule has 0 aromatic heterocycles. The average Bonchev–Trinajstić information content (AvgIpc) is 2.95. The van der Waals surface area contributed by atoms with Crippen molar-refractivity contribution in [3.63, 3.8) is 0 Å². The highest BCUT2D eigenvalue weighted by molar-refractivity contribution is 6.46. The van der Waals surface area contributed by atoms with Crippen molar-refractivity contribution in [2.45, 2.75) is 13.0 Å². The van der Waals surface area contributed by atoms with E-state index in [1.807, 2.05) is 6.92 Å². The van der Waals surface area contributed by atoms with Gasteiger partial charge in [0.1, 0.15) is 17.3 Å². The Hall–Kier alpha value is -3.12. The minimum Gasteiger partial charge on any atom is -0.507 e. The van der Waals surface area contributed by atoms with E-state index in [0.717, 1.165) is 0 Å². The first-order chi connectivity index (χ1) is 13.9. The van der Waals surface area contributed by atoms with E-state index < -0.39 is 23.5 Å². The van der Waals surface area contributed by atoms with Gasteiger partial charge < -0.3 is 14.7 Å². The Morgan fingerprint density at radius 1 is 1.28 bits per heavy atom. The molecule has 0 saturated carbocycles. The standard InChI is InChI=1S/C22H19ClFNO4/c1-3-11-25-19(13-5-8-15(24)9-6-13)18(21(27)22(25)28)20(26)14-7-10-17(29-4-2)16(23)12-14/h3,5-10,12,19,26H,1,4,11H2,2H3/b20-18+. The van der Waals surface area contributed by atoms with Crippen LogP contribution in [0.1, 0.15) is 24.1 Å². The van der Waals surface area contributed by atoms with Crippen molar-refractivity contribution in [2.75, 3.05) is 13.2 Å². The van der Waals surface area contributed by atoms with E-state index in [2.05, 4.69) is 6.58 Å². The lowest BCUT2D eigenvalue weighted by Crippen LogP contribution is -2.29. The zero-order valence-corrected chi connectivity index (χ0v) is 16.4. The van der Waals surface area contributed by atoms with Crippen LogP contribution in [0.5, 0.6) is 5.75 Å². The smallest absolute Gasteiger partial charge is 0.295 e. The summed E-state index contributed by atoms with van der Waals surface area (Å²) in [7, 11) is 0. The summed E-state index contributed by atoms with van der Waals surface area (Å²) in [6, 6.07) is 9.13. The highest BCUT2D eigenvalue weighted by atomic mass is 35.5. The number of hydrogen-bond donors (Lipinski definition) is 1. The number of amides is 1. The van der Waals surface area contributed by atoms with Gasteiger partial charge >= 0.3 is 0 Å². The molecule has 1 fully saturated rings. The lowest BCUT2D eigenvalue weighted by molar-refractivity contribution is -0.139. The number of likely N-dealkylation sites (tertiary alicyclic amines) is 1. The van der Waals surface area contributed by atoms with Crippen LogP contribution < -0.4 is 4.74 Å². The summed E-state index contributed by atoms with van der Waals surface area (Å²) in [4.78, 5) is 26.6. The van der Waals surface area contributed by atoms with Gasteiger partial charge in [-0.3, -0.25) is 9.59 Å². The number of nitrogens with zero attached hydrogens (tertiary/aromatic N) is 1. The molecule has 2 aromatic rings. The van der Waals surface area contributed by atoms with Crippen LogP contribution in [0.2, 0.25) is 5.02 Å². The van der Waals surface area contributed by atoms with Gasteiger partial charge in [-0.25, -0.2) is 4.39 Å². The molecule has 5 nitrogen and oxygen atoms in total. The van der Waals surface area contributed by atoms with Crippen LogP contribution in [0.15, 0.2) is 60.7 Å². The third kappa shape index (κ3) is 3.89. The first-order valence-corrected chi connectivity index (χ1v) is 9.34. The molecular formula is C22H19ClFNO4. The molecule has 1 aliphatic heterocycles. The van der Waals surface area contributed by atoms with Crippen molar-refractivity contribution in [3.8, 4) is 5.75 Å². The summed E-state index contributed by atoms with van der Waals surface area (Å²) < 4.78 is 18.8. The second-order valence-corrected chi connectivity index (χ2v) is 6.78. The van der Waals surface area contributed by atoms with Crippen LogP contribution in [0.4, 0.5) is 4.39 Å². The molecule has 7 heteroatoms. The number of ether oxygens (including phenoxy) is 1. The lowest BCUT2D eigenvalue weighted by atomic mass is 9.95. The summed E-state index contributed by atoms with van der Waals surface area (Å²) in [5.74, 6) is -1.98. The number of halogens is 2. The van der Waals surface area contributed by atoms with Gasteiger partial charge in [0.05, 0.1) is 23.2 Å². The van der Waals surface area contributed by atoms with Crippen molar-refractivity contribution in [2.24, 2.45) is 0 Å². The SMILES string of the molecule is C=CCN1C(=O)C(=O)/C(=C(/O)c2ccc(OCC)c(Cl)c2)C1c1ccc(F)cc1. The molecule has 1 saturated heterocycles. The molecule has 1 amide bonds. The summed E-state index contributed by atoms with van der Waals surface area (Å²) in [5.41, 5.74) is 0.664. The van der Waals surface area contributed by atoms with Crippen LogP contribution >= 0.6 is 11.6 Å². The number of carbonyl (C=O) groups excluding carboxylic acids is 2. The Morgan fingerprint density at radius 3 is 2.55 bits per heavy atom. The molecule has 1 atom stereocenters. The lowest BCUT2D eigenvalue weighted by Gasteiger charge is -2.24. The van der Waals surface area contributed by atoms with Gasteiger partial charge in [-0.15, -0.1) is 6.58 Å². The number of Topliss-reactive ketones (excluding diaryl/α,β-unsaturated/α-hetero) is 1. The number of carbonyl (C=O) groups is 2. The molecule has 1 heterocycles. The Labute approximate surface area is 172 Å². The number of hydrogen-bond acceptors (Lipinski definition) is 4. The first-order valence-electron chi connectivity index (χ1n) is 8.96. The van der Waals surface area contributed by atoms with Crippen LogP contribution in [-0.2, 0) is 9.59 Å². The predicted octanol–water partition coefficient (Wildman–Crippen LogP) is 4.49. The summed E-state index contributed by atoms with van der Waals surface area (Å²) in [5, 5.41) is 11.2. The monoisotopic (exact) mass is 415 g/mol. The summed E-state index contributed by atoms with van der Waals surface area (Å²) in [6.45, 7) is 5.94. The highest BCUT2D eigenvalue weighted by Gasteiger charge is 2.45. The normalized spacial score (nSPS) is 18.2. The van der Waals surface area contributed by atoms with E-state index in [0.29, 0.717) is 17.9 Å². The van der Waals surface area contributed by atoms with Gasteiger partial charge in [-0.1, -0.05) is 29.8 Å². The Bertz CT molecular complexity index is 1000. The fourth-order valence-corrected chi connectivity index (χ4v) is 3.51. The minimum absolute atomic E-state index is 0.0907. The zero-order chi connectivity index (χ0) is 21.1. The van der Waals surface area contributed by atoms with Crippen LogP contribution in [0.3, 0.4) is 0 Å². The van der Waals surface area contributed by atoms with E-state index in [1.165, 1.54) is 41.3 Å². The van der Waals surface area contributed by atoms with Crippen molar-refractivity contribution < 1.29 is 23.8 Å². The molecule has 1 unspecified atom stereocenters. The Kier molecular flexibility index (Phi) is 6.03. The second-order valence-electron chi connectivity index (χ2n) is 6.37. The zero-order valence-electron chi connectivity index (χ0n) is 15.7. The molecule has 1 aliphatic rings. The topological polar surface area (TPSA) is 66.8 Å². The maximum Gasteiger partial charge on any atom is 0.295 e. The maximum atomic E-state index is 13.4. The quantitative estimate of drug-likeness (QED) is 0.327. The van der Waals surface area contributed by atoms with E-state index in [9.17, 15) is 19.1 Å². The molecule has 29 heavy (non-hydrogen) atoms. The minimum atomic E-state index is -0.876. The van der Waals surface area contributed by atoms with E-state index in [1.54, 1.807) is 12.1 Å². The third-order valence-corrected chi connectivity index (χ3v) is 4.85. The number of rotatable bonds is 6. The van der Waals surface area contributed by atoms with Gasteiger partial charge in [-0.2, -0.15) is 0 Å². The molecule has 3 rings (SSSR count). The molecule has 1 N–H and O–H groups in total. The van der Waals surface area contributed by atoms with E-state index in [4.69, 9.17) is 16.3 Å². The predicted molar refractivity (Wildman–Crippen MR) is 108 cm³/mol. The number of aliphatic hydroxyl groups excluding tert-OH is 1. The number of aliphatic hydroxyl groups is 1. The Morgan fingerprint density at radius 2 is 1.97 bits per heavy atom. The van der Waals surface area contributed by atoms with Gasteiger partial charge in [0.15, 0.2) is 0 Å². The van der Waals surface area contributed by atoms with Crippen LogP contribution in [0.25, 0.3) is 5.76 Å². The van der Waals surface area contributed by atoms with E-state index >= 15 is 0 Å². The van der Waals surface area contributed by atoms with Gasteiger partial charge in [0.2, 0.25) is 0 Å². The molecule has 0 aliphatic carbocycles. The maximum absolute atomic E-state index is 13.4. The van der Waals surface area contributed by atoms with Gasteiger partial charge in [0, 0.05) is 12.1 Å². The van der Waals surface area contributed by atoms with Gasteiger partial charge in [0.25, 0.3) is 11.7 Å². The first kappa shape index (κ1) is 20.6. The molecule has 2 aromatic carbocycles. The van der Waals surface area contributed by atoms with Crippen molar-refractivity contribution in [1.29, 1.82) is 0 Å². The third-order valence-electron chi connectivity index (χ3n) is 4.56. The Balaban J connectivity index is 2.15. The molecule has 0 spiro atoms. The molecular weight excluding hydrogens is 397 g/mol. The van der Waals surface area contributed by atoms with Crippen molar-refractivity contribution in [1.82, 2.24) is 4.90 Å². The average molecular weight is 416 g/mol. The van der Waals surface area contributed by atoms with Crippen LogP contribution in [0, 0.1) is 5.82 Å². The number of benzene rings is 2. The second kappa shape index (κ2) is 8.49. The van der Waals surface area contributed by atoms with Crippen molar-refractivity contribution >= 4 is 29.1 Å². The van der Waals surface area contributed by atoms with Crippen molar-refractivity contribution in [3.05, 3.63) is 82.7 Å².